The molecular formula is C16H25N3. The number of rotatable bonds is 3. The molecule has 2 atom stereocenters. The molecular weight excluding hydrogens is 234 g/mol. The standard InChI is InChI=1S/C16H25N3/c1-18-15-6-7-16(18)12-19(9-8-15)11-14-4-2-13(10-17)3-5-14/h2-5,15-16H,6-12,17H2,1H3. The van der Waals surface area contributed by atoms with Gasteiger partial charge in [-0.25, -0.2) is 0 Å². The summed E-state index contributed by atoms with van der Waals surface area (Å²) in [5.74, 6) is 0. The van der Waals surface area contributed by atoms with Crippen LogP contribution < -0.4 is 5.73 Å². The largest absolute Gasteiger partial charge is 0.326 e. The third-order valence-corrected chi connectivity index (χ3v) is 4.90. The molecule has 0 radical (unpaired) electrons. The highest BCUT2D eigenvalue weighted by molar-refractivity contribution is 5.22. The zero-order chi connectivity index (χ0) is 13.2. The molecule has 2 aliphatic heterocycles. The summed E-state index contributed by atoms with van der Waals surface area (Å²) in [6, 6.07) is 10.4. The molecule has 2 aliphatic rings. The fourth-order valence-corrected chi connectivity index (χ4v) is 3.56. The Morgan fingerprint density at radius 3 is 2.47 bits per heavy atom. The number of fused-ring (bicyclic) bond motifs is 2. The fourth-order valence-electron chi connectivity index (χ4n) is 3.56. The molecule has 2 unspecified atom stereocenters. The summed E-state index contributed by atoms with van der Waals surface area (Å²) < 4.78 is 0. The van der Waals surface area contributed by atoms with Crippen LogP contribution in [0, 0.1) is 0 Å². The highest BCUT2D eigenvalue weighted by Gasteiger charge is 2.34. The van der Waals surface area contributed by atoms with Gasteiger partial charge in [0.1, 0.15) is 0 Å². The van der Waals surface area contributed by atoms with E-state index >= 15 is 0 Å². The van der Waals surface area contributed by atoms with Crippen molar-refractivity contribution in [2.75, 3.05) is 20.1 Å². The van der Waals surface area contributed by atoms with Gasteiger partial charge in [-0.2, -0.15) is 0 Å². The Kier molecular flexibility index (Phi) is 3.87. The Balaban J connectivity index is 1.63. The summed E-state index contributed by atoms with van der Waals surface area (Å²) in [4.78, 5) is 5.23. The van der Waals surface area contributed by atoms with Gasteiger partial charge in [0.05, 0.1) is 0 Å². The van der Waals surface area contributed by atoms with E-state index in [1.165, 1.54) is 43.5 Å². The van der Waals surface area contributed by atoms with Crippen LogP contribution in [0.2, 0.25) is 0 Å². The Morgan fingerprint density at radius 1 is 1.05 bits per heavy atom. The van der Waals surface area contributed by atoms with Gasteiger partial charge < -0.3 is 5.73 Å². The minimum Gasteiger partial charge on any atom is -0.326 e. The molecule has 2 N–H and O–H groups in total. The topological polar surface area (TPSA) is 32.5 Å². The van der Waals surface area contributed by atoms with Crippen LogP contribution in [0.15, 0.2) is 24.3 Å². The number of nitrogens with zero attached hydrogens (tertiary/aromatic N) is 2. The van der Waals surface area contributed by atoms with Crippen LogP contribution in [-0.2, 0) is 13.1 Å². The fraction of sp³-hybridized carbons (Fsp3) is 0.625. The zero-order valence-corrected chi connectivity index (χ0v) is 11.9. The van der Waals surface area contributed by atoms with Crippen LogP contribution in [-0.4, -0.2) is 42.0 Å². The summed E-state index contributed by atoms with van der Waals surface area (Å²) in [6.45, 7) is 4.19. The predicted octanol–water partition coefficient (Wildman–Crippen LogP) is 1.81. The molecule has 2 fully saturated rings. The quantitative estimate of drug-likeness (QED) is 0.898. The van der Waals surface area contributed by atoms with Gasteiger partial charge in [0.2, 0.25) is 0 Å². The summed E-state index contributed by atoms with van der Waals surface area (Å²) in [5.41, 5.74) is 8.28. The van der Waals surface area contributed by atoms with Crippen molar-refractivity contribution in [3.8, 4) is 0 Å². The normalized spacial score (nSPS) is 28.5. The minimum atomic E-state index is 0.637. The average molecular weight is 259 g/mol. The van der Waals surface area contributed by atoms with Crippen molar-refractivity contribution in [2.24, 2.45) is 5.73 Å². The molecule has 2 saturated heterocycles. The Bertz CT molecular complexity index is 415. The van der Waals surface area contributed by atoms with Crippen molar-refractivity contribution in [1.29, 1.82) is 0 Å². The first-order valence-electron chi connectivity index (χ1n) is 7.48. The molecule has 1 aromatic carbocycles. The van der Waals surface area contributed by atoms with Gasteiger partial charge in [-0.3, -0.25) is 9.80 Å². The Hall–Kier alpha value is -0.900. The number of hydrogen-bond donors (Lipinski definition) is 1. The van der Waals surface area contributed by atoms with Crippen molar-refractivity contribution in [3.05, 3.63) is 35.4 Å². The molecule has 0 aromatic heterocycles. The lowest BCUT2D eigenvalue weighted by atomic mass is 10.1. The van der Waals surface area contributed by atoms with E-state index in [9.17, 15) is 0 Å². The molecule has 3 rings (SSSR count). The van der Waals surface area contributed by atoms with E-state index in [1.807, 2.05) is 0 Å². The lowest BCUT2D eigenvalue weighted by molar-refractivity contribution is 0.214. The number of benzene rings is 1. The lowest BCUT2D eigenvalue weighted by Crippen LogP contribution is -2.36. The number of likely N-dealkylation sites (N-methyl/N-ethyl adjacent to an activating group) is 1. The summed E-state index contributed by atoms with van der Waals surface area (Å²) in [5, 5.41) is 0. The minimum absolute atomic E-state index is 0.637. The average Bonchev–Trinajstić information content (AvgIpc) is 2.68. The number of nitrogens with two attached hydrogens (primary N) is 1. The van der Waals surface area contributed by atoms with Gasteiger partial charge in [-0.05, 0) is 37.4 Å². The number of likely N-dealkylation sites (tertiary alicyclic amines) is 1. The SMILES string of the molecule is CN1C2CCC1CN(Cc1ccc(CN)cc1)CC2. The van der Waals surface area contributed by atoms with Crippen LogP contribution >= 0.6 is 0 Å². The second-order valence-electron chi connectivity index (χ2n) is 6.09. The zero-order valence-electron chi connectivity index (χ0n) is 11.9. The van der Waals surface area contributed by atoms with E-state index < -0.39 is 0 Å². The van der Waals surface area contributed by atoms with Crippen LogP contribution in [0.25, 0.3) is 0 Å². The van der Waals surface area contributed by atoms with Crippen LogP contribution in [0.5, 0.6) is 0 Å². The van der Waals surface area contributed by atoms with E-state index in [0.717, 1.165) is 18.6 Å². The first kappa shape index (κ1) is 13.1. The smallest absolute Gasteiger partial charge is 0.0234 e. The molecule has 3 nitrogen and oxygen atoms in total. The first-order chi connectivity index (χ1) is 9.26. The predicted molar refractivity (Wildman–Crippen MR) is 78.8 cm³/mol. The maximum atomic E-state index is 5.65. The van der Waals surface area contributed by atoms with Gasteiger partial charge in [-0.15, -0.1) is 0 Å². The van der Waals surface area contributed by atoms with Gasteiger partial charge in [0.25, 0.3) is 0 Å². The highest BCUT2D eigenvalue weighted by atomic mass is 15.3. The van der Waals surface area contributed by atoms with Crippen LogP contribution in [0.4, 0.5) is 0 Å². The number of hydrogen-bond acceptors (Lipinski definition) is 3. The Morgan fingerprint density at radius 2 is 1.74 bits per heavy atom. The van der Waals surface area contributed by atoms with Crippen LogP contribution in [0.1, 0.15) is 30.4 Å². The van der Waals surface area contributed by atoms with Gasteiger partial charge in [-0.1, -0.05) is 24.3 Å². The maximum Gasteiger partial charge on any atom is 0.0234 e. The summed E-state index contributed by atoms with van der Waals surface area (Å²) in [6.07, 6.45) is 4.11. The molecule has 0 amide bonds. The first-order valence-corrected chi connectivity index (χ1v) is 7.48. The van der Waals surface area contributed by atoms with Crippen molar-refractivity contribution < 1.29 is 0 Å². The van der Waals surface area contributed by atoms with Gasteiger partial charge in [0.15, 0.2) is 0 Å². The monoisotopic (exact) mass is 259 g/mol. The molecule has 3 heteroatoms. The van der Waals surface area contributed by atoms with Crippen molar-refractivity contribution in [3.63, 3.8) is 0 Å². The third-order valence-electron chi connectivity index (χ3n) is 4.90. The molecule has 0 saturated carbocycles. The Labute approximate surface area is 116 Å². The highest BCUT2D eigenvalue weighted by Crippen LogP contribution is 2.28. The molecule has 0 spiro atoms. The van der Waals surface area contributed by atoms with Crippen molar-refractivity contribution in [2.45, 2.75) is 44.4 Å². The van der Waals surface area contributed by atoms with E-state index in [1.54, 1.807) is 0 Å². The molecule has 2 bridgehead atoms. The second-order valence-corrected chi connectivity index (χ2v) is 6.09. The van der Waals surface area contributed by atoms with Gasteiger partial charge in [0, 0.05) is 38.3 Å². The molecule has 1 aromatic rings. The van der Waals surface area contributed by atoms with E-state index in [0.29, 0.717) is 6.54 Å². The lowest BCUT2D eigenvalue weighted by Gasteiger charge is -2.25. The molecule has 0 aliphatic carbocycles. The second kappa shape index (κ2) is 5.61. The summed E-state index contributed by atoms with van der Waals surface area (Å²) in [7, 11) is 2.31. The van der Waals surface area contributed by atoms with Crippen molar-refractivity contribution >= 4 is 0 Å². The van der Waals surface area contributed by atoms with E-state index in [-0.39, 0.29) is 0 Å². The maximum absolute atomic E-state index is 5.65. The van der Waals surface area contributed by atoms with Crippen LogP contribution in [0.3, 0.4) is 0 Å². The molecule has 2 heterocycles. The molecule has 19 heavy (non-hydrogen) atoms. The van der Waals surface area contributed by atoms with Crippen molar-refractivity contribution in [1.82, 2.24) is 9.80 Å². The summed E-state index contributed by atoms with van der Waals surface area (Å²) >= 11 is 0. The third kappa shape index (κ3) is 2.83. The van der Waals surface area contributed by atoms with E-state index in [2.05, 4.69) is 41.1 Å². The molecule has 104 valence electrons. The van der Waals surface area contributed by atoms with E-state index in [4.69, 9.17) is 5.73 Å². The van der Waals surface area contributed by atoms with Gasteiger partial charge >= 0.3 is 0 Å².